The van der Waals surface area contributed by atoms with Gasteiger partial charge in [0.25, 0.3) is 0 Å². The van der Waals surface area contributed by atoms with E-state index in [1.165, 1.54) is 29.2 Å². The number of rotatable bonds is 4. The SMILES string of the molecule is O=C(O)c1cn(-c2cc(-c3ccncc3)nc(-c3cccc(F)c3)n2)cn1. The molecule has 4 rings (SSSR count). The lowest BCUT2D eigenvalue weighted by Crippen LogP contribution is -2.01. The lowest BCUT2D eigenvalue weighted by atomic mass is 10.1. The highest BCUT2D eigenvalue weighted by Crippen LogP contribution is 2.24. The summed E-state index contributed by atoms with van der Waals surface area (Å²) in [7, 11) is 0. The van der Waals surface area contributed by atoms with Gasteiger partial charge >= 0.3 is 5.97 Å². The van der Waals surface area contributed by atoms with E-state index in [9.17, 15) is 9.18 Å². The summed E-state index contributed by atoms with van der Waals surface area (Å²) in [5, 5.41) is 9.08. The number of hydrogen-bond donors (Lipinski definition) is 1. The smallest absolute Gasteiger partial charge is 0.356 e. The van der Waals surface area contributed by atoms with Crippen molar-refractivity contribution < 1.29 is 14.3 Å². The van der Waals surface area contributed by atoms with Crippen LogP contribution in [0.5, 0.6) is 0 Å². The zero-order valence-electron chi connectivity index (χ0n) is 13.8. The van der Waals surface area contributed by atoms with Crippen molar-refractivity contribution in [2.75, 3.05) is 0 Å². The Labute approximate surface area is 152 Å². The van der Waals surface area contributed by atoms with Gasteiger partial charge in [0.2, 0.25) is 0 Å². The first-order valence-electron chi connectivity index (χ1n) is 7.93. The number of benzene rings is 1. The van der Waals surface area contributed by atoms with E-state index >= 15 is 0 Å². The molecule has 8 heteroatoms. The van der Waals surface area contributed by atoms with Crippen LogP contribution in [0.15, 0.2) is 67.4 Å². The lowest BCUT2D eigenvalue weighted by Gasteiger charge is -2.09. The van der Waals surface area contributed by atoms with Crippen LogP contribution in [0.1, 0.15) is 10.5 Å². The third kappa shape index (κ3) is 3.40. The summed E-state index contributed by atoms with van der Waals surface area (Å²) < 4.78 is 15.1. The van der Waals surface area contributed by atoms with Crippen LogP contribution in [-0.4, -0.2) is 35.6 Å². The summed E-state index contributed by atoms with van der Waals surface area (Å²) in [5.74, 6) is -0.814. The normalized spacial score (nSPS) is 10.7. The maximum Gasteiger partial charge on any atom is 0.356 e. The third-order valence-electron chi connectivity index (χ3n) is 3.84. The Hall–Kier alpha value is -3.94. The Morgan fingerprint density at radius 3 is 2.56 bits per heavy atom. The number of halogens is 1. The van der Waals surface area contributed by atoms with Crippen molar-refractivity contribution in [3.8, 4) is 28.5 Å². The molecule has 0 aliphatic carbocycles. The largest absolute Gasteiger partial charge is 0.476 e. The summed E-state index contributed by atoms with van der Waals surface area (Å²) in [4.78, 5) is 27.9. The third-order valence-corrected chi connectivity index (χ3v) is 3.84. The Kier molecular flexibility index (Phi) is 4.13. The zero-order chi connectivity index (χ0) is 18.8. The summed E-state index contributed by atoms with van der Waals surface area (Å²) in [5.41, 5.74) is 1.79. The summed E-state index contributed by atoms with van der Waals surface area (Å²) in [6.45, 7) is 0. The second kappa shape index (κ2) is 6.75. The molecular formula is C19H12FN5O2. The first kappa shape index (κ1) is 16.5. The molecule has 0 saturated heterocycles. The van der Waals surface area contributed by atoms with Crippen LogP contribution in [0.4, 0.5) is 4.39 Å². The van der Waals surface area contributed by atoms with Crippen molar-refractivity contribution >= 4 is 5.97 Å². The molecule has 0 radical (unpaired) electrons. The van der Waals surface area contributed by atoms with E-state index in [1.54, 1.807) is 42.7 Å². The van der Waals surface area contributed by atoms with E-state index in [-0.39, 0.29) is 5.69 Å². The fourth-order valence-corrected chi connectivity index (χ4v) is 2.55. The quantitative estimate of drug-likeness (QED) is 0.600. The molecule has 0 atom stereocenters. The van der Waals surface area contributed by atoms with Gasteiger partial charge in [-0.05, 0) is 24.3 Å². The predicted octanol–water partition coefficient (Wildman–Crippen LogP) is 3.23. The van der Waals surface area contributed by atoms with Crippen LogP contribution >= 0.6 is 0 Å². The van der Waals surface area contributed by atoms with Crippen LogP contribution in [-0.2, 0) is 0 Å². The minimum Gasteiger partial charge on any atom is -0.476 e. The number of nitrogens with zero attached hydrogens (tertiary/aromatic N) is 5. The van der Waals surface area contributed by atoms with Crippen molar-refractivity contribution in [2.45, 2.75) is 0 Å². The molecule has 27 heavy (non-hydrogen) atoms. The van der Waals surface area contributed by atoms with Crippen molar-refractivity contribution in [3.63, 3.8) is 0 Å². The number of pyridine rings is 1. The summed E-state index contributed by atoms with van der Waals surface area (Å²) >= 11 is 0. The molecule has 0 aliphatic heterocycles. The molecule has 7 nitrogen and oxygen atoms in total. The van der Waals surface area contributed by atoms with Crippen molar-refractivity contribution in [1.82, 2.24) is 24.5 Å². The van der Waals surface area contributed by atoms with Crippen LogP contribution < -0.4 is 0 Å². The zero-order valence-corrected chi connectivity index (χ0v) is 13.8. The number of aromatic nitrogens is 5. The van der Waals surface area contributed by atoms with Gasteiger partial charge in [-0.1, -0.05) is 12.1 Å². The molecule has 1 aromatic carbocycles. The van der Waals surface area contributed by atoms with Gasteiger partial charge < -0.3 is 5.11 Å². The molecular weight excluding hydrogens is 349 g/mol. The van der Waals surface area contributed by atoms with E-state index in [0.29, 0.717) is 22.9 Å². The van der Waals surface area contributed by atoms with Crippen LogP contribution in [0.3, 0.4) is 0 Å². The second-order valence-electron chi connectivity index (χ2n) is 5.65. The average Bonchev–Trinajstić information content (AvgIpc) is 3.19. The number of imidazole rings is 1. The molecule has 0 saturated carbocycles. The van der Waals surface area contributed by atoms with Crippen LogP contribution in [0, 0.1) is 5.82 Å². The van der Waals surface area contributed by atoms with Gasteiger partial charge in [-0.25, -0.2) is 24.1 Å². The maximum absolute atomic E-state index is 13.6. The molecule has 0 spiro atoms. The second-order valence-corrected chi connectivity index (χ2v) is 5.65. The minimum absolute atomic E-state index is 0.105. The van der Waals surface area contributed by atoms with Gasteiger partial charge in [0.1, 0.15) is 18.0 Å². The number of carboxylic acids is 1. The predicted molar refractivity (Wildman–Crippen MR) is 94.7 cm³/mol. The standard InChI is InChI=1S/C19H12FN5O2/c20-14-3-1-2-13(8-14)18-23-15(12-4-6-21-7-5-12)9-17(24-18)25-10-16(19(26)27)22-11-25/h1-11H,(H,26,27). The molecule has 0 unspecified atom stereocenters. The van der Waals surface area contributed by atoms with E-state index in [0.717, 1.165) is 5.56 Å². The Morgan fingerprint density at radius 2 is 1.85 bits per heavy atom. The molecule has 4 aromatic rings. The molecule has 0 bridgehead atoms. The van der Waals surface area contributed by atoms with Crippen molar-refractivity contribution in [2.24, 2.45) is 0 Å². The average molecular weight is 361 g/mol. The van der Waals surface area contributed by atoms with Gasteiger partial charge in [0.05, 0.1) is 5.69 Å². The maximum atomic E-state index is 13.6. The molecule has 0 amide bonds. The lowest BCUT2D eigenvalue weighted by molar-refractivity contribution is 0.0691. The highest BCUT2D eigenvalue weighted by atomic mass is 19.1. The van der Waals surface area contributed by atoms with Gasteiger partial charge in [-0.2, -0.15) is 0 Å². The summed E-state index contributed by atoms with van der Waals surface area (Å²) in [6, 6.07) is 11.2. The topological polar surface area (TPSA) is 93.8 Å². The Balaban J connectivity index is 1.90. The number of carboxylic acid groups (broad SMARTS) is 1. The molecule has 3 aromatic heterocycles. The summed E-state index contributed by atoms with van der Waals surface area (Å²) in [6.07, 6.45) is 5.99. The fraction of sp³-hybridized carbons (Fsp3) is 0. The molecule has 0 fully saturated rings. The van der Waals surface area contributed by atoms with Crippen LogP contribution in [0.2, 0.25) is 0 Å². The number of aromatic carboxylic acids is 1. The van der Waals surface area contributed by atoms with E-state index < -0.39 is 11.8 Å². The highest BCUT2D eigenvalue weighted by Gasteiger charge is 2.13. The molecule has 0 aliphatic rings. The molecule has 3 heterocycles. The van der Waals surface area contributed by atoms with Crippen molar-refractivity contribution in [3.05, 3.63) is 78.9 Å². The van der Waals surface area contributed by atoms with E-state index in [1.807, 2.05) is 0 Å². The Morgan fingerprint density at radius 1 is 1.04 bits per heavy atom. The Bertz CT molecular complexity index is 1130. The molecule has 1 N–H and O–H groups in total. The van der Waals surface area contributed by atoms with Crippen molar-refractivity contribution in [1.29, 1.82) is 0 Å². The van der Waals surface area contributed by atoms with Gasteiger partial charge in [0.15, 0.2) is 11.5 Å². The minimum atomic E-state index is -1.14. The first-order valence-corrected chi connectivity index (χ1v) is 7.93. The van der Waals surface area contributed by atoms with Gasteiger partial charge in [0, 0.05) is 35.8 Å². The van der Waals surface area contributed by atoms with Crippen LogP contribution in [0.25, 0.3) is 28.5 Å². The molecule has 132 valence electrons. The van der Waals surface area contributed by atoms with E-state index in [4.69, 9.17) is 5.11 Å². The van der Waals surface area contributed by atoms with Gasteiger partial charge in [-0.3, -0.25) is 9.55 Å². The van der Waals surface area contributed by atoms with Gasteiger partial charge in [-0.15, -0.1) is 0 Å². The number of carbonyl (C=O) groups is 1. The fourth-order valence-electron chi connectivity index (χ4n) is 2.55. The highest BCUT2D eigenvalue weighted by molar-refractivity contribution is 5.85. The first-order chi connectivity index (χ1) is 13.1. The monoisotopic (exact) mass is 361 g/mol. The number of hydrogen-bond acceptors (Lipinski definition) is 5. The van der Waals surface area contributed by atoms with E-state index in [2.05, 4.69) is 19.9 Å².